The molecule has 0 aliphatic heterocycles. The van der Waals surface area contributed by atoms with Crippen LogP contribution in [0.4, 0.5) is 0 Å². The Kier molecular flexibility index (Phi) is 6.84. The van der Waals surface area contributed by atoms with Crippen LogP contribution in [0.25, 0.3) is 0 Å². The molecular weight excluding hydrogens is 152 g/mol. The van der Waals surface area contributed by atoms with E-state index in [-0.39, 0.29) is 0 Å². The maximum Gasteiger partial charge on any atom is 0.114 e. The van der Waals surface area contributed by atoms with Crippen LogP contribution in [-0.2, 0) is 0 Å². The summed E-state index contributed by atoms with van der Waals surface area (Å²) in [6.45, 7) is 3.71. The highest BCUT2D eigenvalue weighted by atomic mass is 16.3. The van der Waals surface area contributed by atoms with Gasteiger partial charge in [0.1, 0.15) is 12.2 Å². The van der Waals surface area contributed by atoms with Crippen molar-refractivity contribution in [2.45, 2.75) is 51.7 Å². The Balaban J connectivity index is 3.47. The van der Waals surface area contributed by atoms with Crippen molar-refractivity contribution in [2.75, 3.05) is 0 Å². The zero-order valence-electron chi connectivity index (χ0n) is 7.88. The highest BCUT2D eigenvalue weighted by Crippen LogP contribution is 2.02. The van der Waals surface area contributed by atoms with Crippen LogP contribution in [0.2, 0.25) is 0 Å². The minimum absolute atomic E-state index is 0.564. The largest absolute Gasteiger partial charge is 0.381 e. The normalized spacial score (nSPS) is 14.7. The van der Waals surface area contributed by atoms with Crippen LogP contribution in [0.15, 0.2) is 0 Å². The van der Waals surface area contributed by atoms with E-state index in [2.05, 4.69) is 18.8 Å². The molecule has 0 heterocycles. The van der Waals surface area contributed by atoms with Crippen molar-refractivity contribution in [3.8, 4) is 11.8 Å². The lowest BCUT2D eigenvalue weighted by Crippen LogP contribution is -2.04. The number of hydrogen-bond donors (Lipinski definition) is 2. The standard InChI is InChI=1S/C10H18O2/c1-3-4-5-6-10(12)8-7-9(2)11/h9-12H,3-6H2,1-2H3. The zero-order chi connectivity index (χ0) is 9.40. The van der Waals surface area contributed by atoms with Gasteiger partial charge in [0.15, 0.2) is 0 Å². The summed E-state index contributed by atoms with van der Waals surface area (Å²) < 4.78 is 0. The van der Waals surface area contributed by atoms with E-state index in [1.54, 1.807) is 6.92 Å². The smallest absolute Gasteiger partial charge is 0.114 e. The molecular formula is C10H18O2. The minimum Gasteiger partial charge on any atom is -0.381 e. The van der Waals surface area contributed by atoms with E-state index in [1.165, 1.54) is 0 Å². The molecule has 0 rings (SSSR count). The van der Waals surface area contributed by atoms with Gasteiger partial charge in [0, 0.05) is 0 Å². The van der Waals surface area contributed by atoms with Crippen molar-refractivity contribution >= 4 is 0 Å². The first kappa shape index (κ1) is 11.5. The first-order valence-electron chi connectivity index (χ1n) is 4.54. The summed E-state index contributed by atoms with van der Waals surface area (Å²) in [7, 11) is 0. The molecule has 2 atom stereocenters. The van der Waals surface area contributed by atoms with Crippen LogP contribution in [0.1, 0.15) is 39.5 Å². The van der Waals surface area contributed by atoms with E-state index in [4.69, 9.17) is 5.11 Å². The molecule has 12 heavy (non-hydrogen) atoms. The van der Waals surface area contributed by atoms with Crippen molar-refractivity contribution in [1.29, 1.82) is 0 Å². The Labute approximate surface area is 74.6 Å². The minimum atomic E-state index is -0.633. The van der Waals surface area contributed by atoms with Gasteiger partial charge in [-0.1, -0.05) is 31.6 Å². The Bertz CT molecular complexity index is 153. The van der Waals surface area contributed by atoms with Crippen LogP contribution >= 0.6 is 0 Å². The lowest BCUT2D eigenvalue weighted by atomic mass is 10.1. The van der Waals surface area contributed by atoms with Gasteiger partial charge >= 0.3 is 0 Å². The molecule has 0 radical (unpaired) electrons. The molecule has 0 aliphatic rings. The molecule has 0 aromatic heterocycles. The lowest BCUT2D eigenvalue weighted by Gasteiger charge is -2.01. The summed E-state index contributed by atoms with van der Waals surface area (Å²) >= 11 is 0. The van der Waals surface area contributed by atoms with Crippen LogP contribution in [0.3, 0.4) is 0 Å². The van der Waals surface area contributed by atoms with E-state index in [1.807, 2.05) is 0 Å². The van der Waals surface area contributed by atoms with Crippen LogP contribution < -0.4 is 0 Å². The molecule has 0 fully saturated rings. The van der Waals surface area contributed by atoms with Gasteiger partial charge in [-0.2, -0.15) is 0 Å². The predicted molar refractivity (Wildman–Crippen MR) is 49.6 cm³/mol. The van der Waals surface area contributed by atoms with Gasteiger partial charge in [0.05, 0.1) is 0 Å². The Morgan fingerprint density at radius 1 is 1.17 bits per heavy atom. The van der Waals surface area contributed by atoms with E-state index in [0.29, 0.717) is 6.42 Å². The highest BCUT2D eigenvalue weighted by molar-refractivity contribution is 5.07. The molecule has 0 saturated carbocycles. The second kappa shape index (κ2) is 7.15. The molecule has 70 valence electrons. The number of aliphatic hydroxyl groups excluding tert-OH is 2. The zero-order valence-corrected chi connectivity index (χ0v) is 7.88. The predicted octanol–water partition coefficient (Wildman–Crippen LogP) is 1.31. The average molecular weight is 170 g/mol. The highest BCUT2D eigenvalue weighted by Gasteiger charge is 1.97. The summed E-state index contributed by atoms with van der Waals surface area (Å²) in [4.78, 5) is 0. The fourth-order valence-electron chi connectivity index (χ4n) is 0.877. The molecule has 0 bridgehead atoms. The van der Waals surface area contributed by atoms with E-state index >= 15 is 0 Å². The number of hydrogen-bond acceptors (Lipinski definition) is 2. The number of aliphatic hydroxyl groups is 2. The van der Waals surface area contributed by atoms with Gasteiger partial charge in [-0.3, -0.25) is 0 Å². The molecule has 0 aromatic rings. The van der Waals surface area contributed by atoms with E-state index < -0.39 is 12.2 Å². The molecule has 2 nitrogen and oxygen atoms in total. The van der Waals surface area contributed by atoms with Crippen molar-refractivity contribution in [3.05, 3.63) is 0 Å². The molecule has 2 heteroatoms. The second-order valence-electron chi connectivity index (χ2n) is 2.98. The van der Waals surface area contributed by atoms with Crippen LogP contribution in [-0.4, -0.2) is 22.4 Å². The lowest BCUT2D eigenvalue weighted by molar-refractivity contribution is 0.215. The fourth-order valence-corrected chi connectivity index (χ4v) is 0.877. The molecule has 0 amide bonds. The summed E-state index contributed by atoms with van der Waals surface area (Å²) in [5.74, 6) is 5.12. The van der Waals surface area contributed by atoms with Gasteiger partial charge in [-0.05, 0) is 19.8 Å². The van der Waals surface area contributed by atoms with Gasteiger partial charge < -0.3 is 10.2 Å². The van der Waals surface area contributed by atoms with Gasteiger partial charge in [-0.25, -0.2) is 0 Å². The third-order valence-electron chi connectivity index (χ3n) is 1.54. The maximum absolute atomic E-state index is 9.24. The Morgan fingerprint density at radius 2 is 1.83 bits per heavy atom. The van der Waals surface area contributed by atoms with Gasteiger partial charge in [0.25, 0.3) is 0 Å². The Morgan fingerprint density at radius 3 is 2.33 bits per heavy atom. The first-order valence-corrected chi connectivity index (χ1v) is 4.54. The monoisotopic (exact) mass is 170 g/mol. The van der Waals surface area contributed by atoms with E-state index in [9.17, 15) is 5.11 Å². The maximum atomic E-state index is 9.24. The third kappa shape index (κ3) is 7.59. The molecule has 2 unspecified atom stereocenters. The number of unbranched alkanes of at least 4 members (excludes halogenated alkanes) is 2. The molecule has 2 N–H and O–H groups in total. The molecule has 0 aromatic carbocycles. The topological polar surface area (TPSA) is 40.5 Å². The van der Waals surface area contributed by atoms with Gasteiger partial charge in [0.2, 0.25) is 0 Å². The fraction of sp³-hybridized carbons (Fsp3) is 0.800. The first-order chi connectivity index (χ1) is 5.66. The summed E-state index contributed by atoms with van der Waals surface area (Å²) in [5, 5.41) is 18.0. The SMILES string of the molecule is CCCCCC(O)C#CC(C)O. The average Bonchev–Trinajstić information content (AvgIpc) is 2.01. The summed E-state index contributed by atoms with van der Waals surface area (Å²) in [6.07, 6.45) is 2.81. The van der Waals surface area contributed by atoms with Crippen molar-refractivity contribution in [3.63, 3.8) is 0 Å². The molecule has 0 spiro atoms. The quantitative estimate of drug-likeness (QED) is 0.493. The van der Waals surface area contributed by atoms with Gasteiger partial charge in [-0.15, -0.1) is 0 Å². The van der Waals surface area contributed by atoms with Crippen LogP contribution in [0, 0.1) is 11.8 Å². The van der Waals surface area contributed by atoms with Crippen molar-refractivity contribution in [1.82, 2.24) is 0 Å². The second-order valence-corrected chi connectivity index (χ2v) is 2.98. The van der Waals surface area contributed by atoms with Crippen molar-refractivity contribution < 1.29 is 10.2 Å². The Hall–Kier alpha value is -0.520. The van der Waals surface area contributed by atoms with Crippen molar-refractivity contribution in [2.24, 2.45) is 0 Å². The molecule has 0 saturated heterocycles. The van der Waals surface area contributed by atoms with E-state index in [0.717, 1.165) is 19.3 Å². The molecule has 0 aliphatic carbocycles. The third-order valence-corrected chi connectivity index (χ3v) is 1.54. The number of rotatable bonds is 4. The summed E-state index contributed by atoms with van der Waals surface area (Å²) in [5.41, 5.74) is 0. The van der Waals surface area contributed by atoms with Crippen LogP contribution in [0.5, 0.6) is 0 Å². The summed E-state index contributed by atoms with van der Waals surface area (Å²) in [6, 6.07) is 0.